The first-order chi connectivity index (χ1) is 14.6. The van der Waals surface area contributed by atoms with Gasteiger partial charge in [0.1, 0.15) is 12.4 Å². The minimum absolute atomic E-state index is 0.124. The second-order valence-corrected chi connectivity index (χ2v) is 8.56. The molecule has 0 fully saturated rings. The van der Waals surface area contributed by atoms with Crippen LogP contribution in [0.5, 0.6) is 5.75 Å². The second kappa shape index (κ2) is 11.6. The Balaban J connectivity index is 1.38. The number of nitrogens with one attached hydrogen (secondary N) is 1. The molecule has 0 bridgehead atoms. The summed E-state index contributed by atoms with van der Waals surface area (Å²) in [6, 6.07) is 23.9. The van der Waals surface area contributed by atoms with Crippen molar-refractivity contribution in [3.63, 3.8) is 0 Å². The van der Waals surface area contributed by atoms with E-state index in [4.69, 9.17) is 4.74 Å². The third kappa shape index (κ3) is 7.35. The first-order valence-corrected chi connectivity index (χ1v) is 11.5. The van der Waals surface area contributed by atoms with Crippen LogP contribution in [0.25, 0.3) is 0 Å². The number of ether oxygens (including phenoxy) is 1. The largest absolute Gasteiger partial charge is 0.489 e. The number of rotatable bonds is 9. The summed E-state index contributed by atoms with van der Waals surface area (Å²) in [7, 11) is 0. The molecule has 1 amide bonds. The summed E-state index contributed by atoms with van der Waals surface area (Å²) >= 11 is 5.06. The monoisotopic (exact) mass is 482 g/mol. The molecule has 0 aromatic heterocycles. The third-order valence-electron chi connectivity index (χ3n) is 4.26. The number of carbonyl (C=O) groups is 1. The molecule has 0 radical (unpaired) electrons. The van der Waals surface area contributed by atoms with Crippen LogP contribution in [0.15, 0.2) is 82.4 Å². The van der Waals surface area contributed by atoms with Crippen molar-refractivity contribution in [2.75, 3.05) is 5.75 Å². The summed E-state index contributed by atoms with van der Waals surface area (Å²) in [6.45, 7) is 2.59. The van der Waals surface area contributed by atoms with Crippen molar-refractivity contribution in [3.8, 4) is 5.75 Å². The number of benzene rings is 3. The fourth-order valence-electron chi connectivity index (χ4n) is 2.58. The van der Waals surface area contributed by atoms with Crippen LogP contribution in [-0.2, 0) is 17.2 Å². The minimum Gasteiger partial charge on any atom is -0.489 e. The molecule has 4 nitrogen and oxygen atoms in total. The van der Waals surface area contributed by atoms with Gasteiger partial charge in [0.15, 0.2) is 0 Å². The van der Waals surface area contributed by atoms with Gasteiger partial charge in [-0.2, -0.15) is 5.10 Å². The Morgan fingerprint density at radius 3 is 2.53 bits per heavy atom. The van der Waals surface area contributed by atoms with Crippen LogP contribution in [0, 0.1) is 6.92 Å². The Morgan fingerprint density at radius 2 is 1.80 bits per heavy atom. The number of amides is 1. The van der Waals surface area contributed by atoms with Gasteiger partial charge in [0, 0.05) is 10.2 Å². The highest BCUT2D eigenvalue weighted by Crippen LogP contribution is 2.21. The Bertz CT molecular complexity index is 989. The van der Waals surface area contributed by atoms with Gasteiger partial charge in [-0.3, -0.25) is 4.79 Å². The van der Waals surface area contributed by atoms with E-state index in [2.05, 4.69) is 57.6 Å². The zero-order valence-electron chi connectivity index (χ0n) is 16.7. The van der Waals surface area contributed by atoms with Crippen molar-refractivity contribution < 1.29 is 9.53 Å². The molecule has 3 aromatic rings. The number of thioether (sulfide) groups is 1. The van der Waals surface area contributed by atoms with Crippen LogP contribution in [-0.4, -0.2) is 17.9 Å². The van der Waals surface area contributed by atoms with Crippen LogP contribution in [0.1, 0.15) is 22.3 Å². The van der Waals surface area contributed by atoms with Gasteiger partial charge in [-0.15, -0.1) is 11.8 Å². The molecule has 0 saturated carbocycles. The summed E-state index contributed by atoms with van der Waals surface area (Å²) in [6.07, 6.45) is 1.63. The third-order valence-corrected chi connectivity index (χ3v) is 6.01. The Labute approximate surface area is 189 Å². The Morgan fingerprint density at radius 1 is 1.07 bits per heavy atom. The maximum Gasteiger partial charge on any atom is 0.250 e. The average molecular weight is 483 g/mol. The highest BCUT2D eigenvalue weighted by Gasteiger charge is 2.03. The van der Waals surface area contributed by atoms with E-state index in [1.807, 2.05) is 48.5 Å². The molecule has 0 saturated heterocycles. The van der Waals surface area contributed by atoms with Crippen LogP contribution < -0.4 is 10.2 Å². The molecule has 3 aromatic carbocycles. The van der Waals surface area contributed by atoms with E-state index in [0.29, 0.717) is 12.4 Å². The smallest absolute Gasteiger partial charge is 0.250 e. The Hall–Kier alpha value is -2.57. The second-order valence-electron chi connectivity index (χ2n) is 6.72. The van der Waals surface area contributed by atoms with E-state index in [-0.39, 0.29) is 5.91 Å². The van der Waals surface area contributed by atoms with Crippen molar-refractivity contribution in [2.24, 2.45) is 5.10 Å². The lowest BCUT2D eigenvalue weighted by atomic mass is 10.2. The summed E-state index contributed by atoms with van der Waals surface area (Å²) in [5.41, 5.74) is 6.99. The normalized spacial score (nSPS) is 10.9. The molecule has 6 heteroatoms. The first kappa shape index (κ1) is 22.1. The van der Waals surface area contributed by atoms with Gasteiger partial charge in [-0.05, 0) is 53.9 Å². The molecular weight excluding hydrogens is 460 g/mol. The van der Waals surface area contributed by atoms with E-state index in [1.165, 1.54) is 11.1 Å². The fraction of sp³-hybridized carbons (Fsp3) is 0.167. The van der Waals surface area contributed by atoms with Crippen molar-refractivity contribution >= 4 is 39.8 Å². The molecular formula is C24H23BrN2O2S. The highest BCUT2D eigenvalue weighted by atomic mass is 79.9. The topological polar surface area (TPSA) is 50.7 Å². The molecule has 0 atom stereocenters. The number of nitrogens with zero attached hydrogens (tertiary/aromatic N) is 1. The standard InChI is InChI=1S/C24H23BrN2O2S/c1-18-6-8-20(9-7-18)15-29-22-12-10-19(11-13-22)14-26-27-24(28)17-30-16-21-4-2-3-5-23(21)25/h2-14H,15-17H2,1H3,(H,27,28)/b26-14-. The number of hydrogen-bond donors (Lipinski definition) is 1. The fourth-order valence-corrected chi connectivity index (χ4v) is 4.02. The molecule has 3 rings (SSSR count). The highest BCUT2D eigenvalue weighted by molar-refractivity contribution is 9.10. The molecule has 154 valence electrons. The molecule has 1 N–H and O–H groups in total. The molecule has 0 heterocycles. The molecule has 0 spiro atoms. The Kier molecular flexibility index (Phi) is 8.53. The average Bonchev–Trinajstić information content (AvgIpc) is 2.76. The maximum absolute atomic E-state index is 11.9. The van der Waals surface area contributed by atoms with E-state index in [9.17, 15) is 4.79 Å². The number of carbonyl (C=O) groups excluding carboxylic acids is 1. The summed E-state index contributed by atoms with van der Waals surface area (Å²) in [4.78, 5) is 11.9. The van der Waals surface area contributed by atoms with Crippen molar-refractivity contribution in [2.45, 2.75) is 19.3 Å². The molecule has 0 unspecified atom stereocenters. The van der Waals surface area contributed by atoms with Crippen LogP contribution in [0.3, 0.4) is 0 Å². The van der Waals surface area contributed by atoms with E-state index in [0.717, 1.165) is 27.1 Å². The van der Waals surface area contributed by atoms with Gasteiger partial charge in [-0.25, -0.2) is 5.43 Å². The zero-order chi connectivity index (χ0) is 21.2. The molecule has 0 aliphatic rings. The molecule has 0 aliphatic carbocycles. The van der Waals surface area contributed by atoms with Crippen LogP contribution >= 0.6 is 27.7 Å². The molecule has 30 heavy (non-hydrogen) atoms. The first-order valence-electron chi connectivity index (χ1n) is 9.51. The lowest BCUT2D eigenvalue weighted by Gasteiger charge is -2.07. The lowest BCUT2D eigenvalue weighted by molar-refractivity contribution is -0.118. The van der Waals surface area contributed by atoms with Crippen LogP contribution in [0.2, 0.25) is 0 Å². The number of aryl methyl sites for hydroxylation is 1. The van der Waals surface area contributed by atoms with Crippen LogP contribution in [0.4, 0.5) is 0 Å². The van der Waals surface area contributed by atoms with Gasteiger partial charge in [0.2, 0.25) is 5.91 Å². The molecule has 0 aliphatic heterocycles. The van der Waals surface area contributed by atoms with E-state index < -0.39 is 0 Å². The van der Waals surface area contributed by atoms with Crippen molar-refractivity contribution in [3.05, 3.63) is 99.5 Å². The van der Waals surface area contributed by atoms with Crippen molar-refractivity contribution in [1.29, 1.82) is 0 Å². The van der Waals surface area contributed by atoms with Crippen molar-refractivity contribution in [1.82, 2.24) is 5.43 Å². The summed E-state index contributed by atoms with van der Waals surface area (Å²) < 4.78 is 6.86. The lowest BCUT2D eigenvalue weighted by Crippen LogP contribution is -2.19. The zero-order valence-corrected chi connectivity index (χ0v) is 19.1. The van der Waals surface area contributed by atoms with Gasteiger partial charge in [0.05, 0.1) is 12.0 Å². The van der Waals surface area contributed by atoms with Gasteiger partial charge in [-0.1, -0.05) is 64.0 Å². The van der Waals surface area contributed by atoms with E-state index >= 15 is 0 Å². The SMILES string of the molecule is Cc1ccc(COc2ccc(/C=N\NC(=O)CSCc3ccccc3Br)cc2)cc1. The summed E-state index contributed by atoms with van der Waals surface area (Å²) in [5.74, 6) is 1.79. The van der Waals surface area contributed by atoms with Gasteiger partial charge < -0.3 is 4.74 Å². The number of hydrogen-bond acceptors (Lipinski definition) is 4. The quantitative estimate of drug-likeness (QED) is 0.313. The minimum atomic E-state index is -0.124. The predicted molar refractivity (Wildman–Crippen MR) is 128 cm³/mol. The predicted octanol–water partition coefficient (Wildman–Crippen LogP) is 5.72. The van der Waals surface area contributed by atoms with Gasteiger partial charge in [0.25, 0.3) is 0 Å². The van der Waals surface area contributed by atoms with Gasteiger partial charge >= 0.3 is 0 Å². The maximum atomic E-state index is 11.9. The number of halogens is 1. The summed E-state index contributed by atoms with van der Waals surface area (Å²) in [5, 5.41) is 4.03. The number of hydrazone groups is 1. The van der Waals surface area contributed by atoms with E-state index in [1.54, 1.807) is 18.0 Å².